The van der Waals surface area contributed by atoms with E-state index >= 15 is 0 Å². The van der Waals surface area contributed by atoms with Crippen molar-refractivity contribution in [2.45, 2.75) is 26.4 Å². The van der Waals surface area contributed by atoms with Crippen LogP contribution in [-0.2, 0) is 6.54 Å². The second-order valence-electron chi connectivity index (χ2n) is 7.10. The molecule has 2 amide bonds. The van der Waals surface area contributed by atoms with Crippen LogP contribution in [0.1, 0.15) is 45.4 Å². The number of rotatable bonds is 2. The SMILES string of the molecule is Cc1c(C(=O)N2CCn3cc(C(=O)N(C)C)nc3C2C)oc2ccccc12. The molecule has 1 aromatic carbocycles. The lowest BCUT2D eigenvalue weighted by Gasteiger charge is -2.33. The number of nitrogens with zero attached hydrogens (tertiary/aromatic N) is 4. The first kappa shape index (κ1) is 17.3. The van der Waals surface area contributed by atoms with Crippen molar-refractivity contribution in [1.82, 2.24) is 19.4 Å². The molecule has 0 bridgehead atoms. The van der Waals surface area contributed by atoms with Crippen molar-refractivity contribution in [3.05, 3.63) is 53.3 Å². The van der Waals surface area contributed by atoms with E-state index < -0.39 is 0 Å². The molecule has 0 aliphatic carbocycles. The highest BCUT2D eigenvalue weighted by Crippen LogP contribution is 2.30. The van der Waals surface area contributed by atoms with Gasteiger partial charge >= 0.3 is 0 Å². The number of benzene rings is 1. The Labute approximate surface area is 157 Å². The summed E-state index contributed by atoms with van der Waals surface area (Å²) in [7, 11) is 3.40. The quantitative estimate of drug-likeness (QED) is 0.699. The number of amides is 2. The van der Waals surface area contributed by atoms with Crippen LogP contribution in [0.15, 0.2) is 34.9 Å². The standard InChI is InChI=1S/C20H22N4O3/c1-12-14-7-5-6-8-16(14)27-17(12)20(26)24-10-9-23-11-15(19(25)22(3)4)21-18(23)13(24)2/h5-8,11,13H,9-10H2,1-4H3. The van der Waals surface area contributed by atoms with Gasteiger partial charge in [-0.3, -0.25) is 9.59 Å². The Kier molecular flexibility index (Phi) is 4.02. The third kappa shape index (κ3) is 2.70. The average Bonchev–Trinajstić information content (AvgIpc) is 3.23. The first-order chi connectivity index (χ1) is 12.9. The molecule has 27 heavy (non-hydrogen) atoms. The van der Waals surface area contributed by atoms with Gasteiger partial charge in [0.25, 0.3) is 11.8 Å². The molecule has 1 atom stereocenters. The molecule has 0 fully saturated rings. The Morgan fingerprint density at radius 1 is 1.22 bits per heavy atom. The maximum atomic E-state index is 13.2. The Hall–Kier alpha value is -3.09. The summed E-state index contributed by atoms with van der Waals surface area (Å²) in [5.41, 5.74) is 1.96. The van der Waals surface area contributed by atoms with Gasteiger partial charge in [0.1, 0.15) is 17.1 Å². The van der Waals surface area contributed by atoms with E-state index in [0.29, 0.717) is 36.0 Å². The van der Waals surface area contributed by atoms with E-state index in [1.54, 1.807) is 25.2 Å². The molecule has 7 heteroatoms. The first-order valence-corrected chi connectivity index (χ1v) is 8.96. The van der Waals surface area contributed by atoms with Gasteiger partial charge in [0, 0.05) is 44.3 Å². The molecule has 0 N–H and O–H groups in total. The van der Waals surface area contributed by atoms with Crippen LogP contribution in [0.2, 0.25) is 0 Å². The zero-order chi connectivity index (χ0) is 19.3. The number of carbonyl (C=O) groups excluding carboxylic acids is 2. The third-order valence-corrected chi connectivity index (χ3v) is 5.15. The predicted molar refractivity (Wildman–Crippen MR) is 101 cm³/mol. The van der Waals surface area contributed by atoms with E-state index in [-0.39, 0.29) is 17.9 Å². The fourth-order valence-corrected chi connectivity index (χ4v) is 3.61. The smallest absolute Gasteiger partial charge is 0.290 e. The van der Waals surface area contributed by atoms with Crippen molar-refractivity contribution in [2.75, 3.05) is 20.6 Å². The normalized spacial score (nSPS) is 16.4. The van der Waals surface area contributed by atoms with Crippen molar-refractivity contribution in [1.29, 1.82) is 0 Å². The van der Waals surface area contributed by atoms with Crippen LogP contribution in [0.4, 0.5) is 0 Å². The molecule has 140 valence electrons. The van der Waals surface area contributed by atoms with Gasteiger partial charge in [-0.25, -0.2) is 4.98 Å². The Morgan fingerprint density at radius 3 is 2.67 bits per heavy atom. The van der Waals surface area contributed by atoms with Crippen LogP contribution in [0.3, 0.4) is 0 Å². The van der Waals surface area contributed by atoms with Gasteiger partial charge in [-0.05, 0) is 19.9 Å². The van der Waals surface area contributed by atoms with Gasteiger partial charge in [0.2, 0.25) is 0 Å². The molecule has 0 saturated heterocycles. The van der Waals surface area contributed by atoms with Crippen molar-refractivity contribution in [3.63, 3.8) is 0 Å². The number of carbonyl (C=O) groups is 2. The fraction of sp³-hybridized carbons (Fsp3) is 0.350. The van der Waals surface area contributed by atoms with Gasteiger partial charge in [-0.1, -0.05) is 18.2 Å². The second kappa shape index (κ2) is 6.26. The zero-order valence-corrected chi connectivity index (χ0v) is 15.9. The number of aromatic nitrogens is 2. The molecule has 3 heterocycles. The number of imidazole rings is 1. The summed E-state index contributed by atoms with van der Waals surface area (Å²) in [6.07, 6.45) is 1.77. The Bertz CT molecular complexity index is 1050. The minimum atomic E-state index is -0.248. The van der Waals surface area contributed by atoms with Gasteiger partial charge < -0.3 is 18.8 Å². The van der Waals surface area contributed by atoms with E-state index in [0.717, 1.165) is 10.9 Å². The van der Waals surface area contributed by atoms with Crippen LogP contribution in [0.25, 0.3) is 11.0 Å². The van der Waals surface area contributed by atoms with Crippen molar-refractivity contribution >= 4 is 22.8 Å². The summed E-state index contributed by atoms with van der Waals surface area (Å²) in [5, 5.41) is 0.950. The number of hydrogen-bond donors (Lipinski definition) is 0. The van der Waals surface area contributed by atoms with Gasteiger partial charge in [0.15, 0.2) is 5.76 Å². The molecular formula is C20H22N4O3. The average molecular weight is 366 g/mol. The molecule has 0 saturated carbocycles. The van der Waals surface area contributed by atoms with E-state index in [1.165, 1.54) is 4.90 Å². The molecule has 1 unspecified atom stereocenters. The van der Waals surface area contributed by atoms with E-state index in [1.807, 2.05) is 42.7 Å². The van der Waals surface area contributed by atoms with Gasteiger partial charge in [-0.2, -0.15) is 0 Å². The van der Waals surface area contributed by atoms with Gasteiger partial charge in [0.05, 0.1) is 6.04 Å². The minimum absolute atomic E-state index is 0.143. The lowest BCUT2D eigenvalue weighted by atomic mass is 10.1. The number of fused-ring (bicyclic) bond motifs is 2. The summed E-state index contributed by atoms with van der Waals surface area (Å²) in [4.78, 5) is 33.1. The number of hydrogen-bond acceptors (Lipinski definition) is 4. The largest absolute Gasteiger partial charge is 0.451 e. The Morgan fingerprint density at radius 2 is 1.96 bits per heavy atom. The maximum Gasteiger partial charge on any atom is 0.290 e. The van der Waals surface area contributed by atoms with Crippen LogP contribution in [0, 0.1) is 6.92 Å². The monoisotopic (exact) mass is 366 g/mol. The van der Waals surface area contributed by atoms with Crippen LogP contribution in [0.5, 0.6) is 0 Å². The predicted octanol–water partition coefficient (Wildman–Crippen LogP) is 2.86. The van der Waals surface area contributed by atoms with Crippen LogP contribution >= 0.6 is 0 Å². The highest BCUT2D eigenvalue weighted by molar-refractivity contribution is 5.99. The van der Waals surface area contributed by atoms with Crippen molar-refractivity contribution in [3.8, 4) is 0 Å². The molecule has 2 aromatic heterocycles. The summed E-state index contributed by atoms with van der Waals surface area (Å²) in [6.45, 7) is 4.97. The lowest BCUT2D eigenvalue weighted by molar-refractivity contribution is 0.0606. The van der Waals surface area contributed by atoms with E-state index in [4.69, 9.17) is 4.42 Å². The third-order valence-electron chi connectivity index (χ3n) is 5.15. The van der Waals surface area contributed by atoms with Crippen LogP contribution < -0.4 is 0 Å². The molecule has 1 aliphatic heterocycles. The highest BCUT2D eigenvalue weighted by Gasteiger charge is 2.33. The zero-order valence-electron chi connectivity index (χ0n) is 15.9. The molecule has 0 radical (unpaired) electrons. The summed E-state index contributed by atoms with van der Waals surface area (Å²) in [6, 6.07) is 7.40. The molecule has 4 rings (SSSR count). The van der Waals surface area contributed by atoms with E-state index in [9.17, 15) is 9.59 Å². The van der Waals surface area contributed by atoms with Crippen LogP contribution in [-0.4, -0.2) is 51.8 Å². The minimum Gasteiger partial charge on any atom is -0.451 e. The summed E-state index contributed by atoms with van der Waals surface area (Å²) in [5.74, 6) is 0.794. The van der Waals surface area contributed by atoms with Crippen molar-refractivity contribution < 1.29 is 14.0 Å². The summed E-state index contributed by atoms with van der Waals surface area (Å²) < 4.78 is 7.80. The first-order valence-electron chi connectivity index (χ1n) is 8.96. The highest BCUT2D eigenvalue weighted by atomic mass is 16.3. The molecule has 1 aliphatic rings. The lowest BCUT2D eigenvalue weighted by Crippen LogP contribution is -2.41. The fourth-order valence-electron chi connectivity index (χ4n) is 3.61. The topological polar surface area (TPSA) is 71.6 Å². The van der Waals surface area contributed by atoms with Crippen molar-refractivity contribution in [2.24, 2.45) is 0 Å². The number of furan rings is 1. The Balaban J connectivity index is 1.66. The van der Waals surface area contributed by atoms with Gasteiger partial charge in [-0.15, -0.1) is 0 Å². The summed E-state index contributed by atoms with van der Waals surface area (Å²) >= 11 is 0. The number of para-hydroxylation sites is 1. The number of aryl methyl sites for hydroxylation is 1. The molecular weight excluding hydrogens is 344 g/mol. The molecule has 3 aromatic rings. The second-order valence-corrected chi connectivity index (χ2v) is 7.10. The molecule has 7 nitrogen and oxygen atoms in total. The van der Waals surface area contributed by atoms with E-state index in [2.05, 4.69) is 4.98 Å². The maximum absolute atomic E-state index is 13.2. The molecule has 0 spiro atoms.